The molecule has 14 heteroatoms. The Morgan fingerprint density at radius 3 is 2.50 bits per heavy atom. The zero-order chi connectivity index (χ0) is 29.0. The Balaban J connectivity index is 1.43. The summed E-state index contributed by atoms with van der Waals surface area (Å²) in [6.45, 7) is 1.81. The van der Waals surface area contributed by atoms with Crippen molar-refractivity contribution in [1.29, 1.82) is 0 Å². The van der Waals surface area contributed by atoms with Gasteiger partial charge in [-0.3, -0.25) is 10.1 Å². The molecule has 0 saturated carbocycles. The van der Waals surface area contributed by atoms with E-state index < -0.39 is 35.5 Å². The van der Waals surface area contributed by atoms with Crippen LogP contribution in [0.25, 0.3) is 0 Å². The number of aromatic nitrogens is 2. The number of carboxylic acid groups (broad SMARTS) is 1. The molecule has 0 aliphatic carbocycles. The Morgan fingerprint density at radius 1 is 1.07 bits per heavy atom. The topological polar surface area (TPSA) is 144 Å². The van der Waals surface area contributed by atoms with E-state index in [4.69, 9.17) is 9.84 Å². The maximum Gasteiger partial charge on any atom is 0.452 e. The van der Waals surface area contributed by atoms with Crippen molar-refractivity contribution in [2.45, 2.75) is 25.9 Å². The van der Waals surface area contributed by atoms with E-state index in [-0.39, 0.29) is 35.0 Å². The Kier molecular flexibility index (Phi) is 8.18. The van der Waals surface area contributed by atoms with E-state index in [1.165, 1.54) is 13.3 Å². The number of carbonyl (C=O) groups excluding carboxylic acids is 2. The number of carboxylic acids is 1. The van der Waals surface area contributed by atoms with E-state index in [9.17, 15) is 27.6 Å². The van der Waals surface area contributed by atoms with Crippen molar-refractivity contribution in [3.63, 3.8) is 0 Å². The number of thiazole rings is 1. The average molecular weight is 575 g/mol. The number of hydrogen-bond donors (Lipinski definition) is 3. The van der Waals surface area contributed by atoms with Crippen LogP contribution in [-0.4, -0.2) is 40.0 Å². The molecule has 0 bridgehead atoms. The maximum atomic E-state index is 13.3. The fourth-order valence-electron chi connectivity index (χ4n) is 3.70. The molecule has 2 aromatic heterocycles. The van der Waals surface area contributed by atoms with E-state index >= 15 is 0 Å². The number of benzene rings is 2. The first-order chi connectivity index (χ1) is 19.0. The zero-order valence-electron chi connectivity index (χ0n) is 21.0. The van der Waals surface area contributed by atoms with Gasteiger partial charge in [0, 0.05) is 23.1 Å². The number of nitrogens with one attached hydrogen (secondary N) is 2. The summed E-state index contributed by atoms with van der Waals surface area (Å²) in [4.78, 5) is 45.1. The number of ether oxygens (including phenoxy) is 1. The fraction of sp³-hybridized carbons (Fsp3) is 0.192. The molecule has 0 unspecified atom stereocenters. The predicted molar refractivity (Wildman–Crippen MR) is 138 cm³/mol. The molecule has 0 radical (unpaired) electrons. The van der Waals surface area contributed by atoms with Crippen LogP contribution in [0.5, 0.6) is 5.75 Å². The number of nitrogens with zero attached hydrogens (tertiary/aromatic N) is 2. The zero-order valence-corrected chi connectivity index (χ0v) is 21.8. The minimum absolute atomic E-state index is 0.123. The molecule has 4 rings (SSSR count). The molecule has 0 aliphatic rings. The number of para-hydroxylation sites is 1. The van der Waals surface area contributed by atoms with Crippen molar-refractivity contribution in [2.75, 3.05) is 17.7 Å². The van der Waals surface area contributed by atoms with Crippen LogP contribution in [0.2, 0.25) is 0 Å². The highest BCUT2D eigenvalue weighted by molar-refractivity contribution is 7.15. The normalized spacial score (nSPS) is 11.2. The van der Waals surface area contributed by atoms with Gasteiger partial charge in [0.25, 0.3) is 0 Å². The van der Waals surface area contributed by atoms with E-state index in [1.807, 2.05) is 6.92 Å². The molecule has 0 aliphatic heterocycles. The number of oxazole rings is 1. The molecular formula is C26H21F3N4O6S. The first-order valence-corrected chi connectivity index (χ1v) is 12.4. The van der Waals surface area contributed by atoms with E-state index in [0.29, 0.717) is 16.2 Å². The second-order valence-corrected chi connectivity index (χ2v) is 9.49. The second kappa shape index (κ2) is 11.6. The van der Waals surface area contributed by atoms with Crippen LogP contribution in [0, 0.1) is 6.92 Å². The van der Waals surface area contributed by atoms with Gasteiger partial charge in [-0.25, -0.2) is 19.6 Å². The molecule has 10 nitrogen and oxygen atoms in total. The number of anilines is 2. The SMILES string of the molecule is COc1ccccc1C(=O)c1cc(C)ccc1NC(=O)Nc1ncc(CCc2nc(C(=O)O)c(C(F)(F)F)o2)s1. The molecule has 0 spiro atoms. The van der Waals surface area contributed by atoms with Crippen LogP contribution in [0.1, 0.15) is 48.5 Å². The number of rotatable bonds is 9. The summed E-state index contributed by atoms with van der Waals surface area (Å²) in [5.74, 6) is -3.87. The fourth-order valence-corrected chi connectivity index (χ4v) is 4.51. The number of ketones is 1. The number of methoxy groups -OCH3 is 1. The third-order valence-electron chi connectivity index (χ3n) is 5.51. The molecule has 2 amide bonds. The van der Waals surface area contributed by atoms with Crippen molar-refractivity contribution in [1.82, 2.24) is 9.97 Å². The highest BCUT2D eigenvalue weighted by atomic mass is 32.1. The quantitative estimate of drug-likeness (QED) is 0.212. The highest BCUT2D eigenvalue weighted by Crippen LogP contribution is 2.33. The van der Waals surface area contributed by atoms with Crippen molar-refractivity contribution in [3.05, 3.63) is 87.6 Å². The maximum absolute atomic E-state index is 13.3. The molecule has 0 atom stereocenters. The lowest BCUT2D eigenvalue weighted by Gasteiger charge is -2.13. The second-order valence-electron chi connectivity index (χ2n) is 8.38. The summed E-state index contributed by atoms with van der Waals surface area (Å²) in [6, 6.07) is 11.0. The molecular weight excluding hydrogens is 553 g/mol. The van der Waals surface area contributed by atoms with Gasteiger partial charge >= 0.3 is 18.2 Å². The molecule has 40 heavy (non-hydrogen) atoms. The smallest absolute Gasteiger partial charge is 0.452 e. The van der Waals surface area contributed by atoms with Gasteiger partial charge in [-0.1, -0.05) is 23.8 Å². The summed E-state index contributed by atoms with van der Waals surface area (Å²) in [7, 11) is 1.45. The first-order valence-electron chi connectivity index (χ1n) is 11.6. The summed E-state index contributed by atoms with van der Waals surface area (Å²) in [5.41, 5.74) is 0.439. The minimum atomic E-state index is -5.00. The van der Waals surface area contributed by atoms with Gasteiger partial charge in [-0.2, -0.15) is 13.2 Å². The van der Waals surface area contributed by atoms with Crippen molar-refractivity contribution in [2.24, 2.45) is 0 Å². The number of aryl methyl sites for hydroxylation is 3. The van der Waals surface area contributed by atoms with Gasteiger partial charge in [0.2, 0.25) is 5.76 Å². The molecule has 4 aromatic rings. The van der Waals surface area contributed by atoms with Gasteiger partial charge in [-0.05, 0) is 37.6 Å². The predicted octanol–water partition coefficient (Wildman–Crippen LogP) is 5.83. The third kappa shape index (κ3) is 6.46. The van der Waals surface area contributed by atoms with Gasteiger partial charge in [0.1, 0.15) is 5.75 Å². The Labute approximate surface area is 228 Å². The van der Waals surface area contributed by atoms with Crippen LogP contribution in [0.3, 0.4) is 0 Å². The van der Waals surface area contributed by atoms with E-state index in [1.54, 1.807) is 42.5 Å². The highest BCUT2D eigenvalue weighted by Gasteiger charge is 2.41. The Hall–Kier alpha value is -4.72. The van der Waals surface area contributed by atoms with Crippen molar-refractivity contribution >= 4 is 39.9 Å². The molecule has 2 aromatic carbocycles. The monoisotopic (exact) mass is 574 g/mol. The molecule has 0 saturated heterocycles. The third-order valence-corrected chi connectivity index (χ3v) is 6.48. The van der Waals surface area contributed by atoms with Crippen LogP contribution in [0.15, 0.2) is 53.1 Å². The number of carbonyl (C=O) groups is 3. The average Bonchev–Trinajstić information content (AvgIpc) is 3.55. The number of aromatic carboxylic acids is 1. The molecule has 0 fully saturated rings. The Bertz CT molecular complexity index is 1580. The van der Waals surface area contributed by atoms with Gasteiger partial charge in [0.15, 0.2) is 22.5 Å². The van der Waals surface area contributed by atoms with Gasteiger partial charge in [0.05, 0.1) is 18.4 Å². The molecule has 208 valence electrons. The van der Waals surface area contributed by atoms with Crippen molar-refractivity contribution in [3.8, 4) is 5.75 Å². The van der Waals surface area contributed by atoms with Crippen molar-refractivity contribution < 1.29 is 41.8 Å². The van der Waals surface area contributed by atoms with Crippen LogP contribution < -0.4 is 15.4 Å². The molecule has 2 heterocycles. The standard InChI is InChI=1S/C26H21F3N4O6S/c1-13-7-9-17(16(11-13)21(34)15-5-3-4-6-18(15)38-2)31-24(37)33-25-30-12-14(40-25)8-10-19-32-20(23(35)36)22(39-19)26(27,28)29/h3-7,9,11-12H,8,10H2,1-2H3,(H,35,36)(H2,30,31,33,37). The summed E-state index contributed by atoms with van der Waals surface area (Å²) in [5, 5.41) is 14.3. The van der Waals surface area contributed by atoms with Gasteiger partial charge < -0.3 is 19.6 Å². The summed E-state index contributed by atoms with van der Waals surface area (Å²) >= 11 is 1.05. The van der Waals surface area contributed by atoms with Crippen LogP contribution >= 0.6 is 11.3 Å². The lowest BCUT2D eigenvalue weighted by atomic mass is 9.99. The number of alkyl halides is 3. The van der Waals surface area contributed by atoms with Gasteiger partial charge in [-0.15, -0.1) is 11.3 Å². The minimum Gasteiger partial charge on any atom is -0.496 e. The lowest BCUT2D eigenvalue weighted by Crippen LogP contribution is -2.21. The summed E-state index contributed by atoms with van der Waals surface area (Å²) < 4.78 is 48.9. The van der Waals surface area contributed by atoms with E-state index in [2.05, 4.69) is 25.0 Å². The lowest BCUT2D eigenvalue weighted by molar-refractivity contribution is -0.153. The molecule has 3 N–H and O–H groups in total. The summed E-state index contributed by atoms with van der Waals surface area (Å²) in [6.07, 6.45) is -3.58. The number of urea groups is 1. The Morgan fingerprint density at radius 2 is 1.82 bits per heavy atom. The number of halogens is 3. The number of hydrogen-bond acceptors (Lipinski definition) is 8. The van der Waals surface area contributed by atoms with E-state index in [0.717, 1.165) is 16.9 Å². The van der Waals surface area contributed by atoms with Crippen LogP contribution in [-0.2, 0) is 19.0 Å². The van der Waals surface area contributed by atoms with Crippen LogP contribution in [0.4, 0.5) is 28.8 Å². The largest absolute Gasteiger partial charge is 0.496 e. The first kappa shape index (κ1) is 28.3. The number of amides is 2.